The lowest BCUT2D eigenvalue weighted by Gasteiger charge is -2.08. The highest BCUT2D eigenvalue weighted by Gasteiger charge is 2.10. The van der Waals surface area contributed by atoms with Crippen LogP contribution in [0.5, 0.6) is 11.5 Å². The van der Waals surface area contributed by atoms with Crippen LogP contribution in [-0.2, 0) is 14.3 Å². The maximum Gasteiger partial charge on any atom is 0.343 e. The zero-order chi connectivity index (χ0) is 22.5. The summed E-state index contributed by atoms with van der Waals surface area (Å²) in [6.07, 6.45) is 4.75. The molecule has 0 fully saturated rings. The molecule has 0 aliphatic carbocycles. The minimum absolute atomic E-state index is 0.331. The molecule has 0 aliphatic rings. The summed E-state index contributed by atoms with van der Waals surface area (Å²) in [5, 5.41) is 0. The Hall–Kier alpha value is -3.61. The smallest absolute Gasteiger partial charge is 0.343 e. The third-order valence-corrected chi connectivity index (χ3v) is 4.29. The Balaban J connectivity index is 1.69. The van der Waals surface area contributed by atoms with E-state index in [9.17, 15) is 14.4 Å². The maximum absolute atomic E-state index is 12.3. The van der Waals surface area contributed by atoms with E-state index in [1.165, 1.54) is 31.4 Å². The lowest BCUT2D eigenvalue weighted by Crippen LogP contribution is -2.09. The molecule has 0 bridgehead atoms. The van der Waals surface area contributed by atoms with Gasteiger partial charge in [-0.1, -0.05) is 6.58 Å². The van der Waals surface area contributed by atoms with Gasteiger partial charge in [0.15, 0.2) is 0 Å². The highest BCUT2D eigenvalue weighted by molar-refractivity contribution is 5.92. The minimum Gasteiger partial charge on any atom is -0.494 e. The summed E-state index contributed by atoms with van der Waals surface area (Å²) < 4.78 is 20.5. The number of methoxy groups -OCH3 is 1. The van der Waals surface area contributed by atoms with Crippen molar-refractivity contribution in [2.75, 3.05) is 20.3 Å². The van der Waals surface area contributed by atoms with Gasteiger partial charge in [0.2, 0.25) is 0 Å². The number of ether oxygens (including phenoxy) is 4. The normalized spacial score (nSPS) is 10.1. The van der Waals surface area contributed by atoms with E-state index < -0.39 is 17.9 Å². The first-order valence-electron chi connectivity index (χ1n) is 9.96. The van der Waals surface area contributed by atoms with Crippen LogP contribution in [0.2, 0.25) is 0 Å². The molecule has 0 spiro atoms. The molecule has 0 heterocycles. The molecule has 0 N–H and O–H groups in total. The monoisotopic (exact) mass is 426 g/mol. The van der Waals surface area contributed by atoms with Gasteiger partial charge in [-0.05, 0) is 74.2 Å². The highest BCUT2D eigenvalue weighted by Crippen LogP contribution is 2.17. The van der Waals surface area contributed by atoms with E-state index in [4.69, 9.17) is 14.2 Å². The van der Waals surface area contributed by atoms with Crippen molar-refractivity contribution in [3.8, 4) is 11.5 Å². The average Bonchev–Trinajstić information content (AvgIpc) is 2.80. The van der Waals surface area contributed by atoms with E-state index >= 15 is 0 Å². The van der Waals surface area contributed by atoms with Crippen molar-refractivity contribution in [1.82, 2.24) is 0 Å². The van der Waals surface area contributed by atoms with Crippen molar-refractivity contribution in [2.24, 2.45) is 0 Å². The molecule has 7 heteroatoms. The van der Waals surface area contributed by atoms with Crippen molar-refractivity contribution < 1.29 is 33.3 Å². The van der Waals surface area contributed by atoms with E-state index in [0.717, 1.165) is 31.8 Å². The Morgan fingerprint density at radius 1 is 0.774 bits per heavy atom. The number of hydrogen-bond donors (Lipinski definition) is 0. The van der Waals surface area contributed by atoms with Gasteiger partial charge in [0, 0.05) is 6.08 Å². The molecular weight excluding hydrogens is 400 g/mol. The number of hydrogen-bond acceptors (Lipinski definition) is 7. The molecule has 0 saturated heterocycles. The molecule has 31 heavy (non-hydrogen) atoms. The second-order valence-electron chi connectivity index (χ2n) is 6.56. The van der Waals surface area contributed by atoms with Gasteiger partial charge in [-0.25, -0.2) is 14.4 Å². The maximum atomic E-state index is 12.3. The van der Waals surface area contributed by atoms with E-state index in [-0.39, 0.29) is 0 Å². The summed E-state index contributed by atoms with van der Waals surface area (Å²) in [4.78, 5) is 34.6. The fourth-order valence-corrected chi connectivity index (χ4v) is 2.61. The topological polar surface area (TPSA) is 88.1 Å². The quantitative estimate of drug-likeness (QED) is 0.216. The minimum atomic E-state index is -0.505. The summed E-state index contributed by atoms with van der Waals surface area (Å²) in [6, 6.07) is 12.8. The summed E-state index contributed by atoms with van der Waals surface area (Å²) in [7, 11) is 1.30. The number of carbonyl (C=O) groups is 3. The molecule has 0 saturated carbocycles. The second-order valence-corrected chi connectivity index (χ2v) is 6.56. The fraction of sp³-hybridized carbons (Fsp3) is 0.292. The fourth-order valence-electron chi connectivity index (χ4n) is 2.61. The van der Waals surface area contributed by atoms with Crippen LogP contribution in [0.25, 0.3) is 0 Å². The molecule has 0 atom stereocenters. The molecule has 0 radical (unpaired) electrons. The van der Waals surface area contributed by atoms with E-state index in [1.807, 2.05) is 0 Å². The number of esters is 3. The third-order valence-electron chi connectivity index (χ3n) is 4.29. The van der Waals surface area contributed by atoms with Crippen molar-refractivity contribution >= 4 is 17.9 Å². The Kier molecular flexibility index (Phi) is 9.81. The van der Waals surface area contributed by atoms with Gasteiger partial charge in [-0.2, -0.15) is 0 Å². The van der Waals surface area contributed by atoms with Gasteiger partial charge < -0.3 is 18.9 Å². The highest BCUT2D eigenvalue weighted by atomic mass is 16.5. The first-order valence-corrected chi connectivity index (χ1v) is 9.96. The van der Waals surface area contributed by atoms with Crippen LogP contribution in [0.15, 0.2) is 61.2 Å². The molecule has 2 rings (SSSR count). The Morgan fingerprint density at radius 3 is 1.90 bits per heavy atom. The van der Waals surface area contributed by atoms with Gasteiger partial charge >= 0.3 is 17.9 Å². The van der Waals surface area contributed by atoms with Gasteiger partial charge in [0.25, 0.3) is 0 Å². The van der Waals surface area contributed by atoms with Crippen LogP contribution < -0.4 is 9.47 Å². The number of benzene rings is 2. The average molecular weight is 426 g/mol. The summed E-state index contributed by atoms with van der Waals surface area (Å²) in [5.74, 6) is -0.361. The SMILES string of the molecule is C=CC(=O)OCCCCCCOc1ccc(C(=O)Oc2ccc(C(=O)OC)cc2)cc1. The van der Waals surface area contributed by atoms with Crippen LogP contribution in [0.4, 0.5) is 0 Å². The van der Waals surface area contributed by atoms with Crippen LogP contribution in [0.1, 0.15) is 46.4 Å². The van der Waals surface area contributed by atoms with Crippen molar-refractivity contribution in [3.05, 3.63) is 72.3 Å². The number of carbonyl (C=O) groups excluding carboxylic acids is 3. The zero-order valence-corrected chi connectivity index (χ0v) is 17.5. The molecular formula is C24H26O7. The molecule has 7 nitrogen and oxygen atoms in total. The van der Waals surface area contributed by atoms with E-state index in [2.05, 4.69) is 11.3 Å². The van der Waals surface area contributed by atoms with Crippen molar-refractivity contribution in [3.63, 3.8) is 0 Å². The van der Waals surface area contributed by atoms with E-state index in [0.29, 0.717) is 35.8 Å². The molecule has 0 amide bonds. The van der Waals surface area contributed by atoms with E-state index in [1.54, 1.807) is 24.3 Å². The molecule has 164 valence electrons. The molecule has 2 aromatic rings. The summed E-state index contributed by atoms with van der Waals surface area (Å²) in [5.41, 5.74) is 0.762. The molecule has 0 aromatic heterocycles. The van der Waals surface area contributed by atoms with Gasteiger partial charge in [-0.3, -0.25) is 0 Å². The Morgan fingerprint density at radius 2 is 1.32 bits per heavy atom. The predicted molar refractivity (Wildman–Crippen MR) is 114 cm³/mol. The molecule has 0 unspecified atom stereocenters. The lowest BCUT2D eigenvalue weighted by atomic mass is 10.2. The van der Waals surface area contributed by atoms with Crippen LogP contribution in [-0.4, -0.2) is 38.2 Å². The van der Waals surface area contributed by atoms with Crippen LogP contribution >= 0.6 is 0 Å². The first kappa shape index (κ1) is 23.7. The molecule has 0 aliphatic heterocycles. The van der Waals surface area contributed by atoms with Crippen molar-refractivity contribution in [1.29, 1.82) is 0 Å². The summed E-state index contributed by atoms with van der Waals surface area (Å²) in [6.45, 7) is 4.30. The van der Waals surface area contributed by atoms with Crippen molar-refractivity contribution in [2.45, 2.75) is 25.7 Å². The summed E-state index contributed by atoms with van der Waals surface area (Å²) >= 11 is 0. The first-order chi connectivity index (χ1) is 15.0. The second kappa shape index (κ2) is 12.8. The standard InChI is InChI=1S/C24H26O7/c1-3-22(25)30-17-7-5-4-6-16-29-20-12-8-19(9-13-20)24(27)31-21-14-10-18(11-15-21)23(26)28-2/h3,8-15H,1,4-7,16-17H2,2H3. The Bertz CT molecular complexity index is 870. The van der Waals surface area contributed by atoms with Gasteiger partial charge in [0.1, 0.15) is 11.5 Å². The van der Waals surface area contributed by atoms with Crippen LogP contribution in [0, 0.1) is 0 Å². The lowest BCUT2D eigenvalue weighted by molar-refractivity contribution is -0.137. The largest absolute Gasteiger partial charge is 0.494 e. The van der Waals surface area contributed by atoms with Crippen LogP contribution in [0.3, 0.4) is 0 Å². The predicted octanol–water partition coefficient (Wildman–Crippen LogP) is 4.36. The Labute approximate surface area is 181 Å². The number of unbranched alkanes of at least 4 members (excludes halogenated alkanes) is 3. The zero-order valence-electron chi connectivity index (χ0n) is 17.5. The van der Waals surface area contributed by atoms with Gasteiger partial charge in [0.05, 0.1) is 31.5 Å². The van der Waals surface area contributed by atoms with Gasteiger partial charge in [-0.15, -0.1) is 0 Å². The third kappa shape index (κ3) is 8.34. The number of rotatable bonds is 12. The molecule has 2 aromatic carbocycles.